The lowest BCUT2D eigenvalue weighted by molar-refractivity contribution is -0.132. The van der Waals surface area contributed by atoms with Crippen LogP contribution in [0.25, 0.3) is 6.08 Å². The molecular formula is C19H19NO4. The minimum absolute atomic E-state index is 0.190. The summed E-state index contributed by atoms with van der Waals surface area (Å²) in [7, 11) is 0. The smallest absolute Gasteiger partial charge is 0.352 e. The Bertz CT molecular complexity index is 746. The summed E-state index contributed by atoms with van der Waals surface area (Å²) in [6.07, 6.45) is 1.41. The van der Waals surface area contributed by atoms with Crippen molar-refractivity contribution in [3.63, 3.8) is 0 Å². The molecular weight excluding hydrogens is 306 g/mol. The number of hydrogen-bond acceptors (Lipinski definition) is 3. The van der Waals surface area contributed by atoms with Crippen LogP contribution in [0.4, 0.5) is 0 Å². The van der Waals surface area contributed by atoms with Gasteiger partial charge in [-0.1, -0.05) is 29.8 Å². The number of hydrogen-bond donors (Lipinski definition) is 2. The quantitative estimate of drug-likeness (QED) is 0.799. The molecule has 2 N–H and O–H groups in total. The fourth-order valence-electron chi connectivity index (χ4n) is 2.04. The van der Waals surface area contributed by atoms with Gasteiger partial charge in [0.05, 0.1) is 6.61 Å². The zero-order chi connectivity index (χ0) is 17.5. The van der Waals surface area contributed by atoms with Crippen LogP contribution in [0.5, 0.6) is 5.75 Å². The topological polar surface area (TPSA) is 75.6 Å². The van der Waals surface area contributed by atoms with Gasteiger partial charge in [-0.15, -0.1) is 0 Å². The molecule has 0 bridgehead atoms. The zero-order valence-electron chi connectivity index (χ0n) is 13.6. The average molecular weight is 325 g/mol. The molecule has 0 aliphatic carbocycles. The van der Waals surface area contributed by atoms with Crippen LogP contribution in [0, 0.1) is 6.92 Å². The molecule has 0 radical (unpaired) electrons. The van der Waals surface area contributed by atoms with E-state index in [1.807, 2.05) is 13.8 Å². The van der Waals surface area contributed by atoms with Gasteiger partial charge < -0.3 is 15.2 Å². The van der Waals surface area contributed by atoms with E-state index in [4.69, 9.17) is 4.74 Å². The van der Waals surface area contributed by atoms with Crippen LogP contribution in [0.15, 0.2) is 54.2 Å². The monoisotopic (exact) mass is 325 g/mol. The van der Waals surface area contributed by atoms with E-state index in [-0.39, 0.29) is 5.70 Å². The molecule has 0 saturated carbocycles. The molecule has 2 aromatic rings. The highest BCUT2D eigenvalue weighted by Gasteiger charge is 2.13. The van der Waals surface area contributed by atoms with E-state index >= 15 is 0 Å². The third kappa shape index (κ3) is 4.71. The van der Waals surface area contributed by atoms with Crippen LogP contribution in [0.3, 0.4) is 0 Å². The highest BCUT2D eigenvalue weighted by molar-refractivity contribution is 6.02. The van der Waals surface area contributed by atoms with Crippen molar-refractivity contribution in [2.24, 2.45) is 0 Å². The number of amides is 1. The van der Waals surface area contributed by atoms with Crippen molar-refractivity contribution in [3.05, 3.63) is 70.9 Å². The van der Waals surface area contributed by atoms with E-state index in [9.17, 15) is 14.7 Å². The summed E-state index contributed by atoms with van der Waals surface area (Å²) in [6.45, 7) is 4.36. The maximum Gasteiger partial charge on any atom is 0.352 e. The molecule has 0 unspecified atom stereocenters. The van der Waals surface area contributed by atoms with E-state index in [0.717, 1.165) is 5.56 Å². The molecule has 0 spiro atoms. The molecule has 2 aromatic carbocycles. The van der Waals surface area contributed by atoms with Crippen molar-refractivity contribution >= 4 is 18.0 Å². The Hall–Kier alpha value is -3.08. The summed E-state index contributed by atoms with van der Waals surface area (Å²) in [5.74, 6) is -0.964. The van der Waals surface area contributed by atoms with Gasteiger partial charge in [-0.05, 0) is 49.8 Å². The molecule has 0 aliphatic heterocycles. The molecule has 24 heavy (non-hydrogen) atoms. The lowest BCUT2D eigenvalue weighted by Crippen LogP contribution is -2.27. The first-order valence-electron chi connectivity index (χ1n) is 7.55. The largest absolute Gasteiger partial charge is 0.494 e. The van der Waals surface area contributed by atoms with Gasteiger partial charge in [-0.2, -0.15) is 0 Å². The maximum absolute atomic E-state index is 12.2. The second-order valence-electron chi connectivity index (χ2n) is 5.19. The molecule has 0 saturated heterocycles. The van der Waals surface area contributed by atoms with Crippen molar-refractivity contribution in [3.8, 4) is 5.75 Å². The Morgan fingerprint density at radius 1 is 1.08 bits per heavy atom. The van der Waals surface area contributed by atoms with Crippen LogP contribution < -0.4 is 10.1 Å². The van der Waals surface area contributed by atoms with E-state index in [0.29, 0.717) is 23.5 Å². The summed E-state index contributed by atoms with van der Waals surface area (Å²) in [6, 6.07) is 13.9. The van der Waals surface area contributed by atoms with E-state index in [1.54, 1.807) is 48.5 Å². The average Bonchev–Trinajstić information content (AvgIpc) is 2.56. The van der Waals surface area contributed by atoms with Crippen molar-refractivity contribution in [2.45, 2.75) is 13.8 Å². The van der Waals surface area contributed by atoms with Gasteiger partial charge in [-0.3, -0.25) is 4.79 Å². The fourth-order valence-corrected chi connectivity index (χ4v) is 2.04. The summed E-state index contributed by atoms with van der Waals surface area (Å²) in [5, 5.41) is 11.7. The van der Waals surface area contributed by atoms with Crippen LogP contribution in [-0.2, 0) is 4.79 Å². The lowest BCUT2D eigenvalue weighted by atomic mass is 10.1. The molecule has 0 heterocycles. The summed E-state index contributed by atoms with van der Waals surface area (Å²) < 4.78 is 5.34. The van der Waals surface area contributed by atoms with Crippen molar-refractivity contribution in [2.75, 3.05) is 6.61 Å². The predicted octanol–water partition coefficient (Wildman–Crippen LogP) is 3.25. The van der Waals surface area contributed by atoms with Gasteiger partial charge in [0.15, 0.2) is 0 Å². The summed E-state index contributed by atoms with van der Waals surface area (Å²) >= 11 is 0. The Morgan fingerprint density at radius 2 is 1.71 bits per heavy atom. The number of carbonyl (C=O) groups excluding carboxylic acids is 1. The molecule has 124 valence electrons. The normalized spacial score (nSPS) is 11.0. The molecule has 5 nitrogen and oxygen atoms in total. The number of carboxylic acids is 1. The van der Waals surface area contributed by atoms with Gasteiger partial charge >= 0.3 is 5.97 Å². The number of carboxylic acid groups (broad SMARTS) is 1. The second-order valence-corrected chi connectivity index (χ2v) is 5.19. The molecule has 5 heteroatoms. The Kier molecular flexibility index (Phi) is 5.73. The number of carbonyl (C=O) groups is 2. The van der Waals surface area contributed by atoms with E-state index < -0.39 is 11.9 Å². The zero-order valence-corrected chi connectivity index (χ0v) is 13.6. The molecule has 0 fully saturated rings. The first-order valence-corrected chi connectivity index (χ1v) is 7.55. The molecule has 0 atom stereocenters. The summed E-state index contributed by atoms with van der Waals surface area (Å²) in [4.78, 5) is 23.6. The Balaban J connectivity index is 2.17. The minimum Gasteiger partial charge on any atom is -0.494 e. The third-order valence-corrected chi connectivity index (χ3v) is 3.29. The minimum atomic E-state index is -1.20. The number of rotatable bonds is 6. The maximum atomic E-state index is 12.2. The van der Waals surface area contributed by atoms with Crippen LogP contribution in [0.2, 0.25) is 0 Å². The number of aliphatic carboxylic acids is 1. The first-order chi connectivity index (χ1) is 11.5. The number of ether oxygens (including phenoxy) is 1. The fraction of sp³-hybridized carbons (Fsp3) is 0.158. The van der Waals surface area contributed by atoms with E-state index in [1.165, 1.54) is 6.08 Å². The Morgan fingerprint density at radius 3 is 2.25 bits per heavy atom. The number of nitrogens with one attached hydrogen (secondary N) is 1. The van der Waals surface area contributed by atoms with Gasteiger partial charge in [0.2, 0.25) is 0 Å². The van der Waals surface area contributed by atoms with Crippen molar-refractivity contribution in [1.29, 1.82) is 0 Å². The molecule has 2 rings (SSSR count). The SMILES string of the molecule is CCOc1ccc(C=C(NC(=O)c2ccc(C)cc2)C(=O)O)cc1. The molecule has 0 aliphatic rings. The van der Waals surface area contributed by atoms with Gasteiger partial charge in [0.1, 0.15) is 11.4 Å². The highest BCUT2D eigenvalue weighted by Crippen LogP contribution is 2.14. The predicted molar refractivity (Wildman–Crippen MR) is 91.9 cm³/mol. The standard InChI is InChI=1S/C19H19NO4/c1-3-24-16-10-6-14(7-11-16)12-17(19(22)23)20-18(21)15-8-4-13(2)5-9-15/h4-12H,3H2,1-2H3,(H,20,21)(H,22,23). The van der Waals surface area contributed by atoms with Crippen LogP contribution >= 0.6 is 0 Å². The summed E-state index contributed by atoms with van der Waals surface area (Å²) in [5.41, 5.74) is 1.89. The Labute approximate surface area is 140 Å². The van der Waals surface area contributed by atoms with E-state index in [2.05, 4.69) is 5.32 Å². The van der Waals surface area contributed by atoms with Gasteiger partial charge in [0.25, 0.3) is 5.91 Å². The number of benzene rings is 2. The molecule has 0 aromatic heterocycles. The van der Waals surface area contributed by atoms with Crippen LogP contribution in [0.1, 0.15) is 28.4 Å². The van der Waals surface area contributed by atoms with Crippen molar-refractivity contribution < 1.29 is 19.4 Å². The lowest BCUT2D eigenvalue weighted by Gasteiger charge is -2.07. The van der Waals surface area contributed by atoms with Crippen LogP contribution in [-0.4, -0.2) is 23.6 Å². The molecule has 1 amide bonds. The highest BCUT2D eigenvalue weighted by atomic mass is 16.5. The van der Waals surface area contributed by atoms with Gasteiger partial charge in [0, 0.05) is 5.56 Å². The third-order valence-electron chi connectivity index (χ3n) is 3.29. The van der Waals surface area contributed by atoms with Crippen molar-refractivity contribution in [1.82, 2.24) is 5.32 Å². The first kappa shape index (κ1) is 17.3. The number of aryl methyl sites for hydroxylation is 1. The second kappa shape index (κ2) is 7.97. The van der Waals surface area contributed by atoms with Gasteiger partial charge in [-0.25, -0.2) is 4.79 Å².